The third kappa shape index (κ3) is 4.53. The van der Waals surface area contributed by atoms with Crippen LogP contribution in [0.1, 0.15) is 10.4 Å². The second-order valence-corrected chi connectivity index (χ2v) is 9.17. The molecule has 1 amide bonds. The predicted molar refractivity (Wildman–Crippen MR) is 153 cm³/mol. The van der Waals surface area contributed by atoms with Gasteiger partial charge in [-0.15, -0.1) is 0 Å². The second-order valence-electron chi connectivity index (χ2n) is 9.17. The van der Waals surface area contributed by atoms with Gasteiger partial charge < -0.3 is 20.0 Å². The van der Waals surface area contributed by atoms with Crippen molar-refractivity contribution in [2.45, 2.75) is 0 Å². The van der Waals surface area contributed by atoms with Gasteiger partial charge in [-0.3, -0.25) is 4.79 Å². The minimum Gasteiger partial charge on any atom is -0.455 e. The Kier molecular flexibility index (Phi) is 5.94. The van der Waals surface area contributed by atoms with Gasteiger partial charge in [0.25, 0.3) is 5.91 Å². The van der Waals surface area contributed by atoms with Gasteiger partial charge in [0, 0.05) is 59.1 Å². The minimum absolute atomic E-state index is 0.158. The minimum atomic E-state index is -0.158. The molecule has 0 spiro atoms. The fraction of sp³-hybridized carbons (Fsp3) is 0.0645. The number of rotatable bonds is 6. The number of para-hydroxylation sites is 2. The van der Waals surface area contributed by atoms with E-state index in [1.807, 2.05) is 97.9 Å². The zero-order valence-electron chi connectivity index (χ0n) is 21.0. The molecule has 6 rings (SSSR count). The molecule has 2 heterocycles. The Bertz CT molecular complexity index is 1770. The summed E-state index contributed by atoms with van der Waals surface area (Å²) < 4.78 is 6.17. The number of furan rings is 1. The van der Waals surface area contributed by atoms with Crippen molar-refractivity contribution in [3.05, 3.63) is 109 Å². The van der Waals surface area contributed by atoms with Crippen molar-refractivity contribution >= 4 is 50.7 Å². The zero-order valence-corrected chi connectivity index (χ0v) is 21.0. The van der Waals surface area contributed by atoms with Crippen LogP contribution in [0.3, 0.4) is 0 Å². The third-order valence-corrected chi connectivity index (χ3v) is 6.39. The largest absolute Gasteiger partial charge is 0.455 e. The first-order valence-electron chi connectivity index (χ1n) is 12.2. The molecule has 0 saturated carbocycles. The number of aromatic nitrogens is 2. The summed E-state index contributed by atoms with van der Waals surface area (Å²) in [7, 11) is 3.89. The number of fused-ring (bicyclic) bond motifs is 3. The van der Waals surface area contributed by atoms with E-state index < -0.39 is 0 Å². The molecule has 2 aromatic heterocycles. The fourth-order valence-electron chi connectivity index (χ4n) is 4.44. The van der Waals surface area contributed by atoms with Crippen LogP contribution in [0.25, 0.3) is 33.2 Å². The summed E-state index contributed by atoms with van der Waals surface area (Å²) in [6.45, 7) is 0. The number of amides is 1. The van der Waals surface area contributed by atoms with Crippen molar-refractivity contribution in [3.8, 4) is 11.3 Å². The normalized spacial score (nSPS) is 11.0. The summed E-state index contributed by atoms with van der Waals surface area (Å²) in [5, 5.41) is 8.40. The number of hydrogen-bond donors (Lipinski definition) is 2. The van der Waals surface area contributed by atoms with Crippen LogP contribution in [0.15, 0.2) is 108 Å². The van der Waals surface area contributed by atoms with Crippen molar-refractivity contribution in [2.24, 2.45) is 0 Å². The summed E-state index contributed by atoms with van der Waals surface area (Å²) in [6, 6.07) is 31.0. The first-order chi connectivity index (χ1) is 18.5. The molecule has 0 aliphatic carbocycles. The number of anilines is 4. The lowest BCUT2D eigenvalue weighted by atomic mass is 10.1. The van der Waals surface area contributed by atoms with Gasteiger partial charge in [-0.1, -0.05) is 36.4 Å². The lowest BCUT2D eigenvalue weighted by molar-refractivity contribution is 0.102. The third-order valence-electron chi connectivity index (χ3n) is 6.39. The Morgan fingerprint density at radius 1 is 0.789 bits per heavy atom. The highest BCUT2D eigenvalue weighted by Crippen LogP contribution is 2.35. The molecule has 0 fully saturated rings. The van der Waals surface area contributed by atoms with Gasteiger partial charge in [0.1, 0.15) is 23.3 Å². The Morgan fingerprint density at radius 3 is 2.39 bits per heavy atom. The van der Waals surface area contributed by atoms with Crippen LogP contribution < -0.4 is 15.5 Å². The lowest BCUT2D eigenvalue weighted by Gasteiger charge is -2.13. The van der Waals surface area contributed by atoms with Gasteiger partial charge >= 0.3 is 0 Å². The van der Waals surface area contributed by atoms with E-state index in [9.17, 15) is 4.79 Å². The van der Waals surface area contributed by atoms with Crippen molar-refractivity contribution in [1.29, 1.82) is 0 Å². The summed E-state index contributed by atoms with van der Waals surface area (Å²) in [5.74, 6) is 0.495. The van der Waals surface area contributed by atoms with Crippen LogP contribution in [0.2, 0.25) is 0 Å². The molecule has 38 heavy (non-hydrogen) atoms. The quantitative estimate of drug-likeness (QED) is 0.254. The molecular weight excluding hydrogens is 474 g/mol. The molecule has 0 unspecified atom stereocenters. The topological polar surface area (TPSA) is 83.3 Å². The molecule has 186 valence electrons. The summed E-state index contributed by atoms with van der Waals surface area (Å²) >= 11 is 0. The molecule has 6 aromatic rings. The molecule has 0 aliphatic rings. The maximum absolute atomic E-state index is 12.7. The highest BCUT2D eigenvalue weighted by atomic mass is 16.3. The maximum Gasteiger partial charge on any atom is 0.255 e. The van der Waals surface area contributed by atoms with Gasteiger partial charge in [0.05, 0.1) is 5.69 Å². The SMILES string of the molecule is CN(C)c1cccc(C(=O)Nc2ccc(Nc3cc(-c4cccc5c4oc4ccccc45)ncn3)cc2)c1. The van der Waals surface area contributed by atoms with E-state index in [2.05, 4.69) is 32.7 Å². The monoisotopic (exact) mass is 499 g/mol. The van der Waals surface area contributed by atoms with Gasteiger partial charge in [-0.2, -0.15) is 0 Å². The highest BCUT2D eigenvalue weighted by molar-refractivity contribution is 6.09. The van der Waals surface area contributed by atoms with E-state index in [0.29, 0.717) is 17.1 Å². The Balaban J connectivity index is 1.20. The summed E-state index contributed by atoms with van der Waals surface area (Å²) in [6.07, 6.45) is 1.54. The van der Waals surface area contributed by atoms with Gasteiger partial charge in [-0.05, 0) is 54.6 Å². The lowest BCUT2D eigenvalue weighted by Crippen LogP contribution is -2.14. The molecule has 4 aromatic carbocycles. The Hall–Kier alpha value is -5.17. The molecule has 0 radical (unpaired) electrons. The molecule has 7 heteroatoms. The van der Waals surface area contributed by atoms with Crippen LogP contribution in [0, 0.1) is 0 Å². The van der Waals surface area contributed by atoms with E-state index >= 15 is 0 Å². The van der Waals surface area contributed by atoms with E-state index in [4.69, 9.17) is 4.42 Å². The zero-order chi connectivity index (χ0) is 26.1. The summed E-state index contributed by atoms with van der Waals surface area (Å²) in [5.41, 5.74) is 6.43. The van der Waals surface area contributed by atoms with Crippen LogP contribution in [-0.2, 0) is 0 Å². The van der Waals surface area contributed by atoms with E-state index in [1.54, 1.807) is 6.07 Å². The van der Waals surface area contributed by atoms with Crippen LogP contribution in [-0.4, -0.2) is 30.0 Å². The number of nitrogens with one attached hydrogen (secondary N) is 2. The predicted octanol–water partition coefficient (Wildman–Crippen LogP) is 7.10. The van der Waals surface area contributed by atoms with Gasteiger partial charge in [0.2, 0.25) is 0 Å². The standard InChI is InChI=1S/C31H25N5O2/c1-36(2)23-8-5-7-20(17-23)31(37)35-22-15-13-21(14-16-22)34-29-18-27(32-19-33-29)26-11-6-10-25-24-9-3-4-12-28(24)38-30(25)26/h3-19H,1-2H3,(H,35,37)(H,32,33,34). The van der Waals surface area contributed by atoms with Crippen molar-refractivity contribution in [1.82, 2.24) is 9.97 Å². The molecule has 0 bridgehead atoms. The number of carbonyl (C=O) groups excluding carboxylic acids is 1. The fourth-order valence-corrected chi connectivity index (χ4v) is 4.44. The first-order valence-corrected chi connectivity index (χ1v) is 12.2. The van der Waals surface area contributed by atoms with Crippen LogP contribution in [0.5, 0.6) is 0 Å². The molecule has 7 nitrogen and oxygen atoms in total. The van der Waals surface area contributed by atoms with Gasteiger partial charge in [-0.25, -0.2) is 9.97 Å². The van der Waals surface area contributed by atoms with Crippen LogP contribution >= 0.6 is 0 Å². The van der Waals surface area contributed by atoms with E-state index in [1.165, 1.54) is 6.33 Å². The van der Waals surface area contributed by atoms with Crippen molar-refractivity contribution in [3.63, 3.8) is 0 Å². The average molecular weight is 500 g/mol. The molecule has 0 atom stereocenters. The molecular formula is C31H25N5O2. The van der Waals surface area contributed by atoms with Gasteiger partial charge in [0.15, 0.2) is 0 Å². The second kappa shape index (κ2) is 9.71. The maximum atomic E-state index is 12.7. The van der Waals surface area contributed by atoms with E-state index in [-0.39, 0.29) is 5.91 Å². The van der Waals surface area contributed by atoms with Crippen molar-refractivity contribution in [2.75, 3.05) is 29.6 Å². The highest BCUT2D eigenvalue weighted by Gasteiger charge is 2.13. The van der Waals surface area contributed by atoms with E-state index in [0.717, 1.165) is 44.6 Å². The summed E-state index contributed by atoms with van der Waals surface area (Å²) in [4.78, 5) is 23.6. The Morgan fingerprint density at radius 2 is 1.55 bits per heavy atom. The molecule has 0 aliphatic heterocycles. The van der Waals surface area contributed by atoms with Crippen LogP contribution in [0.4, 0.5) is 22.9 Å². The smallest absolute Gasteiger partial charge is 0.255 e. The first kappa shape index (κ1) is 23.2. The number of nitrogens with zero attached hydrogens (tertiary/aromatic N) is 3. The Labute approximate surface area is 219 Å². The molecule has 0 saturated heterocycles. The number of hydrogen-bond acceptors (Lipinski definition) is 6. The molecule has 2 N–H and O–H groups in total. The number of benzene rings is 4. The van der Waals surface area contributed by atoms with Crippen molar-refractivity contribution < 1.29 is 9.21 Å². The number of carbonyl (C=O) groups is 1. The average Bonchev–Trinajstić information content (AvgIpc) is 3.33.